The van der Waals surface area contributed by atoms with Gasteiger partial charge in [0.05, 0.1) is 17.5 Å². The van der Waals surface area contributed by atoms with Gasteiger partial charge in [-0.05, 0) is 25.0 Å². The van der Waals surface area contributed by atoms with E-state index in [1.807, 2.05) is 24.3 Å². The molecule has 0 fully saturated rings. The number of anilines is 1. The molecule has 0 saturated carbocycles. The quantitative estimate of drug-likeness (QED) is 0.859. The number of amides is 2. The van der Waals surface area contributed by atoms with E-state index >= 15 is 0 Å². The molecule has 1 atom stereocenters. The molecule has 0 spiro atoms. The Morgan fingerprint density at radius 2 is 2.15 bits per heavy atom. The second-order valence-corrected chi connectivity index (χ2v) is 7.81. The summed E-state index contributed by atoms with van der Waals surface area (Å²) in [5.41, 5.74) is 0.810. The number of nitrogens with one attached hydrogen (secondary N) is 2. The summed E-state index contributed by atoms with van der Waals surface area (Å²) in [5.74, 6) is 1.52. The number of thioether (sulfide) groups is 1. The fraction of sp³-hybridized carbons (Fsp3) is 0.444. The number of rotatable bonds is 4. The third kappa shape index (κ3) is 3.60. The number of aromatic nitrogens is 3. The van der Waals surface area contributed by atoms with Crippen molar-refractivity contribution in [2.45, 2.75) is 55.3 Å². The monoisotopic (exact) mass is 371 g/mol. The zero-order valence-electron chi connectivity index (χ0n) is 14.4. The number of fused-ring (bicyclic) bond motifs is 2. The number of benzene rings is 1. The number of para-hydroxylation sites is 1. The van der Waals surface area contributed by atoms with Crippen molar-refractivity contribution in [1.29, 1.82) is 0 Å². The maximum absolute atomic E-state index is 12.3. The number of nitrogens with zero attached hydrogens (tertiary/aromatic N) is 3. The van der Waals surface area contributed by atoms with Gasteiger partial charge in [-0.1, -0.05) is 18.6 Å². The van der Waals surface area contributed by atoms with Gasteiger partial charge in [0.1, 0.15) is 5.82 Å². The van der Waals surface area contributed by atoms with E-state index in [1.165, 1.54) is 18.2 Å². The van der Waals surface area contributed by atoms with E-state index in [0.717, 1.165) is 48.0 Å². The van der Waals surface area contributed by atoms with Gasteiger partial charge in [-0.25, -0.2) is 0 Å². The van der Waals surface area contributed by atoms with E-state index in [2.05, 4.69) is 25.4 Å². The molecule has 3 heterocycles. The fourth-order valence-electron chi connectivity index (χ4n) is 3.32. The van der Waals surface area contributed by atoms with Gasteiger partial charge in [-0.2, -0.15) is 0 Å². The topological polar surface area (TPSA) is 88.9 Å². The van der Waals surface area contributed by atoms with Crippen LogP contribution in [0.15, 0.2) is 29.2 Å². The first-order chi connectivity index (χ1) is 12.7. The van der Waals surface area contributed by atoms with Crippen molar-refractivity contribution in [3.8, 4) is 0 Å². The normalized spacial score (nSPS) is 19.1. The van der Waals surface area contributed by atoms with Crippen LogP contribution >= 0.6 is 11.8 Å². The highest BCUT2D eigenvalue weighted by molar-refractivity contribution is 8.01. The summed E-state index contributed by atoms with van der Waals surface area (Å²) in [4.78, 5) is 25.5. The Bertz CT molecular complexity index is 835. The lowest BCUT2D eigenvalue weighted by Crippen LogP contribution is -2.35. The lowest BCUT2D eigenvalue weighted by Gasteiger charge is -2.23. The molecule has 2 aliphatic heterocycles. The number of carbonyl (C=O) groups is 2. The molecule has 0 unspecified atom stereocenters. The summed E-state index contributed by atoms with van der Waals surface area (Å²) >= 11 is 1.44. The van der Waals surface area contributed by atoms with E-state index in [-0.39, 0.29) is 18.2 Å². The molecule has 0 aliphatic carbocycles. The summed E-state index contributed by atoms with van der Waals surface area (Å²) in [6, 6.07) is 7.63. The Labute approximate surface area is 155 Å². The van der Waals surface area contributed by atoms with Gasteiger partial charge in [0, 0.05) is 24.3 Å². The SMILES string of the molecule is O=C(C[C@@H]1Sc2ccccc2NC1=O)NCc1nnc2n1CCCCC2. The molecule has 7 nitrogen and oxygen atoms in total. The van der Waals surface area contributed by atoms with E-state index in [1.54, 1.807) is 0 Å². The second-order valence-electron chi connectivity index (χ2n) is 6.57. The lowest BCUT2D eigenvalue weighted by atomic mass is 10.2. The molecule has 4 rings (SSSR count). The summed E-state index contributed by atoms with van der Waals surface area (Å²) in [6.07, 6.45) is 4.54. The Balaban J connectivity index is 1.35. The lowest BCUT2D eigenvalue weighted by molar-refractivity contribution is -0.124. The highest BCUT2D eigenvalue weighted by Crippen LogP contribution is 2.36. The Kier molecular flexibility index (Phi) is 4.92. The highest BCUT2D eigenvalue weighted by atomic mass is 32.2. The molecule has 136 valence electrons. The van der Waals surface area contributed by atoms with Crippen LogP contribution in [-0.4, -0.2) is 31.8 Å². The van der Waals surface area contributed by atoms with Crippen LogP contribution in [0.2, 0.25) is 0 Å². The summed E-state index contributed by atoms with van der Waals surface area (Å²) in [5, 5.41) is 13.8. The Hall–Kier alpha value is -2.35. The molecular formula is C18H21N5O2S. The van der Waals surface area contributed by atoms with Crippen LogP contribution in [0.4, 0.5) is 5.69 Å². The third-order valence-electron chi connectivity index (χ3n) is 4.71. The fourth-order valence-corrected chi connectivity index (χ4v) is 4.43. The number of hydrogen-bond donors (Lipinski definition) is 2. The predicted octanol–water partition coefficient (Wildman–Crippen LogP) is 2.12. The van der Waals surface area contributed by atoms with Gasteiger partial charge in [0.25, 0.3) is 0 Å². The van der Waals surface area contributed by atoms with Gasteiger partial charge in [-0.15, -0.1) is 22.0 Å². The van der Waals surface area contributed by atoms with Crippen molar-refractivity contribution in [3.63, 3.8) is 0 Å². The molecule has 0 radical (unpaired) electrons. The minimum Gasteiger partial charge on any atom is -0.349 e. The molecule has 8 heteroatoms. The maximum Gasteiger partial charge on any atom is 0.238 e. The Morgan fingerprint density at radius 1 is 1.27 bits per heavy atom. The first kappa shape index (κ1) is 17.1. The molecule has 1 aromatic carbocycles. The van der Waals surface area contributed by atoms with Crippen LogP contribution < -0.4 is 10.6 Å². The average molecular weight is 371 g/mol. The van der Waals surface area contributed by atoms with Gasteiger partial charge < -0.3 is 15.2 Å². The number of hydrogen-bond acceptors (Lipinski definition) is 5. The van der Waals surface area contributed by atoms with Crippen molar-refractivity contribution in [3.05, 3.63) is 35.9 Å². The van der Waals surface area contributed by atoms with Crippen LogP contribution in [0, 0.1) is 0 Å². The molecule has 0 bridgehead atoms. The molecule has 2 N–H and O–H groups in total. The highest BCUT2D eigenvalue weighted by Gasteiger charge is 2.28. The number of carbonyl (C=O) groups excluding carboxylic acids is 2. The first-order valence-electron chi connectivity index (χ1n) is 8.95. The maximum atomic E-state index is 12.3. The van der Waals surface area contributed by atoms with E-state index in [4.69, 9.17) is 0 Å². The van der Waals surface area contributed by atoms with Gasteiger partial charge in [-0.3, -0.25) is 9.59 Å². The molecule has 2 amide bonds. The third-order valence-corrected chi connectivity index (χ3v) is 5.98. The zero-order valence-corrected chi connectivity index (χ0v) is 15.2. The van der Waals surface area contributed by atoms with Crippen LogP contribution in [0.5, 0.6) is 0 Å². The van der Waals surface area contributed by atoms with Gasteiger partial charge in [0.15, 0.2) is 5.82 Å². The minimum atomic E-state index is -0.416. The molecule has 26 heavy (non-hydrogen) atoms. The molecular weight excluding hydrogens is 350 g/mol. The van der Waals surface area contributed by atoms with Crippen LogP contribution in [-0.2, 0) is 29.1 Å². The van der Waals surface area contributed by atoms with Crippen molar-refractivity contribution in [2.24, 2.45) is 0 Å². The van der Waals surface area contributed by atoms with Gasteiger partial charge >= 0.3 is 0 Å². The smallest absolute Gasteiger partial charge is 0.238 e. The second kappa shape index (κ2) is 7.49. The standard InChI is InChI=1S/C18H21N5O2S/c24-17(10-14-18(25)20-12-6-3-4-7-13(12)26-14)19-11-16-22-21-15-8-2-1-5-9-23(15)16/h3-4,6-7,14H,1-2,5,8-11H2,(H,19,24)(H,20,25)/t14-/m0/s1. The van der Waals surface area contributed by atoms with E-state index in [0.29, 0.717) is 6.54 Å². The van der Waals surface area contributed by atoms with Crippen LogP contribution in [0.25, 0.3) is 0 Å². The summed E-state index contributed by atoms with van der Waals surface area (Å²) < 4.78 is 2.12. The van der Waals surface area contributed by atoms with Crippen molar-refractivity contribution < 1.29 is 9.59 Å². The van der Waals surface area contributed by atoms with Crippen molar-refractivity contribution in [2.75, 3.05) is 5.32 Å². The summed E-state index contributed by atoms with van der Waals surface area (Å²) in [6.45, 7) is 1.26. The van der Waals surface area contributed by atoms with Crippen molar-refractivity contribution in [1.82, 2.24) is 20.1 Å². The average Bonchev–Trinajstić information content (AvgIpc) is 2.87. The minimum absolute atomic E-state index is 0.125. The number of aryl methyl sites for hydroxylation is 1. The van der Waals surface area contributed by atoms with E-state index in [9.17, 15) is 9.59 Å². The molecule has 1 aromatic heterocycles. The van der Waals surface area contributed by atoms with E-state index < -0.39 is 5.25 Å². The molecule has 0 saturated heterocycles. The predicted molar refractivity (Wildman–Crippen MR) is 98.8 cm³/mol. The molecule has 2 aromatic rings. The zero-order chi connectivity index (χ0) is 17.9. The van der Waals surface area contributed by atoms with Gasteiger partial charge in [0.2, 0.25) is 11.8 Å². The van der Waals surface area contributed by atoms with Crippen LogP contribution in [0.3, 0.4) is 0 Å². The summed E-state index contributed by atoms with van der Waals surface area (Å²) in [7, 11) is 0. The van der Waals surface area contributed by atoms with Crippen LogP contribution in [0.1, 0.15) is 37.3 Å². The van der Waals surface area contributed by atoms with Crippen molar-refractivity contribution >= 4 is 29.3 Å². The first-order valence-corrected chi connectivity index (χ1v) is 9.83. The largest absolute Gasteiger partial charge is 0.349 e. The molecule has 2 aliphatic rings. The Morgan fingerprint density at radius 3 is 3.08 bits per heavy atom.